The lowest BCUT2D eigenvalue weighted by molar-refractivity contribution is -0.184. The maximum absolute atomic E-state index is 13.0. The van der Waals surface area contributed by atoms with Gasteiger partial charge in [-0.1, -0.05) is 12.1 Å². The van der Waals surface area contributed by atoms with Crippen molar-refractivity contribution in [2.45, 2.75) is 31.1 Å². The minimum absolute atomic E-state index is 0.0790. The van der Waals surface area contributed by atoms with Crippen LogP contribution >= 0.6 is 15.9 Å². The lowest BCUT2D eigenvalue weighted by Gasteiger charge is -2.39. The molecule has 0 spiro atoms. The summed E-state index contributed by atoms with van der Waals surface area (Å²) in [6.07, 6.45) is -4.32. The average molecular weight is 351 g/mol. The molecule has 110 valence electrons. The third-order valence-corrected chi connectivity index (χ3v) is 4.05. The van der Waals surface area contributed by atoms with E-state index < -0.39 is 24.2 Å². The molecule has 0 radical (unpaired) electrons. The number of likely N-dealkylation sites (tertiary alicyclic amines) is 1. The van der Waals surface area contributed by atoms with Gasteiger partial charge in [-0.15, -0.1) is 0 Å². The molecule has 0 aromatic heterocycles. The topological polar surface area (TPSA) is 46.3 Å². The Balaban J connectivity index is 2.31. The Morgan fingerprint density at radius 2 is 1.95 bits per heavy atom. The maximum atomic E-state index is 13.0. The Bertz CT molecular complexity index is 507. The second kappa shape index (κ2) is 5.73. The zero-order valence-electron chi connectivity index (χ0n) is 10.5. The van der Waals surface area contributed by atoms with Gasteiger partial charge in [0.15, 0.2) is 0 Å². The summed E-state index contributed by atoms with van der Waals surface area (Å²) < 4.78 is 39.6. The molecule has 0 bridgehead atoms. The standard InChI is InChI=1S/C13H14BrF3N2O/c14-10-4-2-1-3-9(10)12(20)19-7-8(18)5-6-11(19)13(15,16)17/h1-4,8,11H,5-7,18H2. The lowest BCUT2D eigenvalue weighted by atomic mass is 9.97. The van der Waals surface area contributed by atoms with Crippen LogP contribution in [-0.2, 0) is 0 Å². The van der Waals surface area contributed by atoms with Crippen molar-refractivity contribution in [3.8, 4) is 0 Å². The number of nitrogens with zero attached hydrogens (tertiary/aromatic N) is 1. The Morgan fingerprint density at radius 1 is 1.30 bits per heavy atom. The van der Waals surface area contributed by atoms with E-state index in [2.05, 4.69) is 15.9 Å². The highest BCUT2D eigenvalue weighted by Crippen LogP contribution is 2.33. The zero-order valence-corrected chi connectivity index (χ0v) is 12.1. The minimum Gasteiger partial charge on any atom is -0.326 e. The summed E-state index contributed by atoms with van der Waals surface area (Å²) in [4.78, 5) is 13.2. The van der Waals surface area contributed by atoms with Gasteiger partial charge in [0.25, 0.3) is 5.91 Å². The van der Waals surface area contributed by atoms with Crippen LogP contribution in [0.25, 0.3) is 0 Å². The second-order valence-electron chi connectivity index (χ2n) is 4.83. The molecule has 1 saturated heterocycles. The fourth-order valence-electron chi connectivity index (χ4n) is 2.35. The Morgan fingerprint density at radius 3 is 2.55 bits per heavy atom. The fraction of sp³-hybridized carbons (Fsp3) is 0.462. The van der Waals surface area contributed by atoms with E-state index in [9.17, 15) is 18.0 Å². The highest BCUT2D eigenvalue weighted by Gasteiger charge is 2.47. The van der Waals surface area contributed by atoms with Crippen LogP contribution < -0.4 is 5.73 Å². The van der Waals surface area contributed by atoms with Gasteiger partial charge in [0.05, 0.1) is 5.56 Å². The lowest BCUT2D eigenvalue weighted by Crippen LogP contribution is -2.56. The van der Waals surface area contributed by atoms with Crippen LogP contribution in [0, 0.1) is 0 Å². The molecule has 2 atom stereocenters. The first kappa shape index (κ1) is 15.3. The van der Waals surface area contributed by atoms with E-state index in [0.717, 1.165) is 4.90 Å². The maximum Gasteiger partial charge on any atom is 0.408 e. The number of nitrogens with two attached hydrogens (primary N) is 1. The van der Waals surface area contributed by atoms with Crippen molar-refractivity contribution >= 4 is 21.8 Å². The Hall–Kier alpha value is -1.08. The van der Waals surface area contributed by atoms with Crippen molar-refractivity contribution in [2.24, 2.45) is 5.73 Å². The number of rotatable bonds is 1. The first-order valence-corrected chi connectivity index (χ1v) is 6.98. The van der Waals surface area contributed by atoms with Gasteiger partial charge in [-0.3, -0.25) is 4.79 Å². The molecule has 1 amide bonds. The summed E-state index contributed by atoms with van der Waals surface area (Å²) in [7, 11) is 0. The molecule has 3 nitrogen and oxygen atoms in total. The van der Waals surface area contributed by atoms with Gasteiger partial charge in [-0.2, -0.15) is 13.2 Å². The number of amides is 1. The third-order valence-electron chi connectivity index (χ3n) is 3.36. The number of carbonyl (C=O) groups excluding carboxylic acids is 1. The average Bonchev–Trinajstić information content (AvgIpc) is 2.37. The molecule has 0 saturated carbocycles. The van der Waals surface area contributed by atoms with Gasteiger partial charge in [0.2, 0.25) is 0 Å². The van der Waals surface area contributed by atoms with Crippen molar-refractivity contribution in [3.63, 3.8) is 0 Å². The molecule has 2 rings (SSSR count). The summed E-state index contributed by atoms with van der Waals surface area (Å²) in [6, 6.07) is 4.26. The Kier molecular flexibility index (Phi) is 4.39. The molecule has 20 heavy (non-hydrogen) atoms. The number of hydrogen-bond acceptors (Lipinski definition) is 2. The molecule has 7 heteroatoms. The highest BCUT2D eigenvalue weighted by atomic mass is 79.9. The number of carbonyl (C=O) groups is 1. The quantitative estimate of drug-likeness (QED) is 0.846. The van der Waals surface area contributed by atoms with Crippen molar-refractivity contribution in [1.82, 2.24) is 4.90 Å². The van der Waals surface area contributed by atoms with E-state index in [1.54, 1.807) is 18.2 Å². The van der Waals surface area contributed by atoms with Gasteiger partial charge in [-0.25, -0.2) is 0 Å². The van der Waals surface area contributed by atoms with Gasteiger partial charge in [0.1, 0.15) is 6.04 Å². The van der Waals surface area contributed by atoms with E-state index in [4.69, 9.17) is 5.73 Å². The summed E-state index contributed by atoms with van der Waals surface area (Å²) in [5, 5.41) is 0. The number of alkyl halides is 3. The van der Waals surface area contributed by atoms with Gasteiger partial charge in [-0.05, 0) is 40.9 Å². The summed E-state index contributed by atoms with van der Waals surface area (Å²) in [5.74, 6) is -0.644. The van der Waals surface area contributed by atoms with E-state index in [0.29, 0.717) is 4.47 Å². The molecule has 1 heterocycles. The van der Waals surface area contributed by atoms with Gasteiger partial charge in [0, 0.05) is 17.1 Å². The normalized spacial score (nSPS) is 23.8. The van der Waals surface area contributed by atoms with E-state index in [1.165, 1.54) is 6.07 Å². The van der Waals surface area contributed by atoms with Crippen molar-refractivity contribution < 1.29 is 18.0 Å². The molecule has 1 aliphatic rings. The molecule has 1 aliphatic heterocycles. The summed E-state index contributed by atoms with van der Waals surface area (Å²) >= 11 is 3.19. The van der Waals surface area contributed by atoms with Gasteiger partial charge >= 0.3 is 6.18 Å². The van der Waals surface area contributed by atoms with E-state index in [1.807, 2.05) is 0 Å². The molecule has 1 fully saturated rings. The SMILES string of the molecule is NC1CCC(C(F)(F)F)N(C(=O)c2ccccc2Br)C1. The van der Waals surface area contributed by atoms with Crippen molar-refractivity contribution in [2.75, 3.05) is 6.54 Å². The number of benzene rings is 1. The highest BCUT2D eigenvalue weighted by molar-refractivity contribution is 9.10. The van der Waals surface area contributed by atoms with Crippen LogP contribution in [0.15, 0.2) is 28.7 Å². The van der Waals surface area contributed by atoms with E-state index >= 15 is 0 Å². The molecule has 1 aromatic rings. The second-order valence-corrected chi connectivity index (χ2v) is 5.69. The summed E-state index contributed by atoms with van der Waals surface area (Å²) in [6.45, 7) is -0.0790. The van der Waals surface area contributed by atoms with E-state index in [-0.39, 0.29) is 24.9 Å². The molecular formula is C13H14BrF3N2O. The van der Waals surface area contributed by atoms with Crippen LogP contribution in [0.2, 0.25) is 0 Å². The van der Waals surface area contributed by atoms with Crippen LogP contribution in [-0.4, -0.2) is 35.6 Å². The molecule has 0 aliphatic carbocycles. The largest absolute Gasteiger partial charge is 0.408 e. The van der Waals surface area contributed by atoms with Crippen molar-refractivity contribution in [1.29, 1.82) is 0 Å². The fourth-order valence-corrected chi connectivity index (χ4v) is 2.81. The smallest absolute Gasteiger partial charge is 0.326 e. The predicted molar refractivity (Wildman–Crippen MR) is 72.2 cm³/mol. The number of halogens is 4. The van der Waals surface area contributed by atoms with Gasteiger partial charge < -0.3 is 10.6 Å². The molecular weight excluding hydrogens is 337 g/mol. The third kappa shape index (κ3) is 3.15. The first-order valence-electron chi connectivity index (χ1n) is 6.18. The van der Waals surface area contributed by atoms with Crippen LogP contribution in [0.1, 0.15) is 23.2 Å². The van der Waals surface area contributed by atoms with Crippen LogP contribution in [0.5, 0.6) is 0 Å². The molecule has 2 unspecified atom stereocenters. The number of piperidine rings is 1. The zero-order chi connectivity index (χ0) is 14.9. The molecule has 2 N–H and O–H groups in total. The van der Waals surface area contributed by atoms with Crippen molar-refractivity contribution in [3.05, 3.63) is 34.3 Å². The van der Waals surface area contributed by atoms with Crippen LogP contribution in [0.4, 0.5) is 13.2 Å². The molecule has 1 aromatic carbocycles. The monoisotopic (exact) mass is 350 g/mol. The minimum atomic E-state index is -4.43. The van der Waals surface area contributed by atoms with Crippen LogP contribution in [0.3, 0.4) is 0 Å². The first-order chi connectivity index (χ1) is 9.30. The number of hydrogen-bond donors (Lipinski definition) is 1. The summed E-state index contributed by atoms with van der Waals surface area (Å²) in [5.41, 5.74) is 5.93. The Labute approximate surface area is 123 Å². The predicted octanol–water partition coefficient (Wildman–Crippen LogP) is 2.94.